The summed E-state index contributed by atoms with van der Waals surface area (Å²) in [6.07, 6.45) is 4.07. The summed E-state index contributed by atoms with van der Waals surface area (Å²) in [6, 6.07) is 0. The highest BCUT2D eigenvalue weighted by molar-refractivity contribution is 8.00. The summed E-state index contributed by atoms with van der Waals surface area (Å²) in [7, 11) is 0. The van der Waals surface area contributed by atoms with E-state index in [0.717, 1.165) is 25.9 Å². The molecule has 0 radical (unpaired) electrons. The zero-order valence-electron chi connectivity index (χ0n) is 12.1. The van der Waals surface area contributed by atoms with Gasteiger partial charge in [-0.3, -0.25) is 0 Å². The molecule has 114 valence electrons. The first kappa shape index (κ1) is 17.2. The predicted molar refractivity (Wildman–Crippen MR) is 76.3 cm³/mol. The third-order valence-electron chi connectivity index (χ3n) is 4.08. The predicted octanol–water partition coefficient (Wildman–Crippen LogP) is 4.68. The average Bonchev–Trinajstić information content (AvgIpc) is 2.25. The molecule has 19 heavy (non-hydrogen) atoms. The van der Waals surface area contributed by atoms with Crippen LogP contribution >= 0.6 is 11.8 Å². The van der Waals surface area contributed by atoms with Crippen molar-refractivity contribution in [1.29, 1.82) is 0 Å². The van der Waals surface area contributed by atoms with Crippen LogP contribution in [0.15, 0.2) is 0 Å². The van der Waals surface area contributed by atoms with E-state index >= 15 is 0 Å². The number of alkyl halides is 3. The molecule has 1 N–H and O–H groups in total. The Hall–Kier alpha value is 0.100. The van der Waals surface area contributed by atoms with Crippen molar-refractivity contribution in [3.8, 4) is 0 Å². The maximum atomic E-state index is 12.2. The summed E-state index contributed by atoms with van der Waals surface area (Å²) >= 11 is 0.133. The molecule has 2 atom stereocenters. The van der Waals surface area contributed by atoms with Crippen LogP contribution in [0.3, 0.4) is 0 Å². The topological polar surface area (TPSA) is 12.0 Å². The third kappa shape index (κ3) is 6.89. The van der Waals surface area contributed by atoms with Gasteiger partial charge in [-0.1, -0.05) is 32.5 Å². The quantitative estimate of drug-likeness (QED) is 0.764. The minimum Gasteiger partial charge on any atom is -0.317 e. The van der Waals surface area contributed by atoms with Gasteiger partial charge in [-0.15, -0.1) is 0 Å². The van der Waals surface area contributed by atoms with E-state index < -0.39 is 5.51 Å². The zero-order chi connectivity index (χ0) is 14.5. The smallest absolute Gasteiger partial charge is 0.317 e. The Morgan fingerprint density at radius 2 is 1.95 bits per heavy atom. The summed E-state index contributed by atoms with van der Waals surface area (Å²) < 4.78 is 36.6. The minimum absolute atomic E-state index is 0.133. The van der Waals surface area contributed by atoms with Gasteiger partial charge in [0.05, 0.1) is 0 Å². The van der Waals surface area contributed by atoms with Crippen molar-refractivity contribution in [3.05, 3.63) is 0 Å². The molecule has 0 bridgehead atoms. The molecule has 2 unspecified atom stereocenters. The normalized spacial score (nSPS) is 27.5. The van der Waals surface area contributed by atoms with E-state index in [2.05, 4.69) is 26.1 Å². The van der Waals surface area contributed by atoms with Crippen LogP contribution in [0.1, 0.15) is 46.5 Å². The molecule has 1 aliphatic carbocycles. The van der Waals surface area contributed by atoms with Gasteiger partial charge < -0.3 is 5.32 Å². The Morgan fingerprint density at radius 3 is 2.53 bits per heavy atom. The second-order valence-electron chi connectivity index (χ2n) is 6.32. The van der Waals surface area contributed by atoms with Crippen LogP contribution in [0, 0.1) is 17.3 Å². The summed E-state index contributed by atoms with van der Waals surface area (Å²) in [6.45, 7) is 8.43. The van der Waals surface area contributed by atoms with Gasteiger partial charge in [0.1, 0.15) is 0 Å². The maximum Gasteiger partial charge on any atom is 0.441 e. The second kappa shape index (κ2) is 7.21. The number of thioether (sulfide) groups is 1. The minimum atomic E-state index is -4.08. The number of halogens is 3. The van der Waals surface area contributed by atoms with E-state index in [1.54, 1.807) is 0 Å². The number of hydrogen-bond donors (Lipinski definition) is 1. The molecular formula is C14H26F3NS. The Kier molecular flexibility index (Phi) is 6.51. The lowest BCUT2D eigenvalue weighted by molar-refractivity contribution is -0.0329. The highest BCUT2D eigenvalue weighted by atomic mass is 32.2. The summed E-state index contributed by atoms with van der Waals surface area (Å²) in [4.78, 5) is 0. The van der Waals surface area contributed by atoms with Crippen molar-refractivity contribution < 1.29 is 13.2 Å². The zero-order valence-corrected chi connectivity index (χ0v) is 13.0. The van der Waals surface area contributed by atoms with Crippen molar-refractivity contribution >= 4 is 11.8 Å². The molecule has 0 saturated heterocycles. The molecule has 0 aromatic rings. The van der Waals surface area contributed by atoms with E-state index in [0.29, 0.717) is 18.3 Å². The van der Waals surface area contributed by atoms with E-state index in [1.165, 1.54) is 6.42 Å². The lowest BCUT2D eigenvalue weighted by Gasteiger charge is -2.41. The molecule has 1 rings (SSSR count). The van der Waals surface area contributed by atoms with Crippen LogP contribution in [0.4, 0.5) is 13.2 Å². The molecule has 1 fully saturated rings. The number of rotatable bonds is 6. The maximum absolute atomic E-state index is 12.2. The van der Waals surface area contributed by atoms with Crippen LogP contribution < -0.4 is 5.32 Å². The average molecular weight is 297 g/mol. The molecule has 0 amide bonds. The largest absolute Gasteiger partial charge is 0.441 e. The van der Waals surface area contributed by atoms with Crippen molar-refractivity contribution in [2.24, 2.45) is 17.3 Å². The van der Waals surface area contributed by atoms with Gasteiger partial charge in [-0.25, -0.2) is 0 Å². The molecule has 0 aliphatic heterocycles. The molecule has 0 aromatic carbocycles. The summed E-state index contributed by atoms with van der Waals surface area (Å²) in [5.74, 6) is 1.17. The number of hydrogen-bond acceptors (Lipinski definition) is 2. The first-order chi connectivity index (χ1) is 8.73. The molecule has 1 saturated carbocycles. The Balaban J connectivity index is 2.46. The lowest BCUT2D eigenvalue weighted by Crippen LogP contribution is -2.36. The second-order valence-corrected chi connectivity index (χ2v) is 7.48. The van der Waals surface area contributed by atoms with Gasteiger partial charge in [0.25, 0.3) is 0 Å². The van der Waals surface area contributed by atoms with Crippen molar-refractivity contribution in [1.82, 2.24) is 5.32 Å². The monoisotopic (exact) mass is 297 g/mol. The van der Waals surface area contributed by atoms with Gasteiger partial charge in [0.15, 0.2) is 0 Å². The van der Waals surface area contributed by atoms with Gasteiger partial charge in [-0.05, 0) is 56.0 Å². The van der Waals surface area contributed by atoms with E-state index in [1.807, 2.05) is 0 Å². The van der Waals surface area contributed by atoms with Crippen molar-refractivity contribution in [2.75, 3.05) is 18.8 Å². The van der Waals surface area contributed by atoms with Crippen molar-refractivity contribution in [2.45, 2.75) is 52.0 Å². The van der Waals surface area contributed by atoms with Crippen LogP contribution in [0.5, 0.6) is 0 Å². The van der Waals surface area contributed by atoms with Gasteiger partial charge in [0, 0.05) is 5.75 Å². The summed E-state index contributed by atoms with van der Waals surface area (Å²) in [5.41, 5.74) is -3.79. The molecule has 0 aromatic heterocycles. The first-order valence-electron chi connectivity index (χ1n) is 7.15. The highest BCUT2D eigenvalue weighted by Gasteiger charge is 2.35. The van der Waals surface area contributed by atoms with Crippen LogP contribution in [0.2, 0.25) is 0 Å². The fourth-order valence-electron chi connectivity index (χ4n) is 3.05. The lowest BCUT2D eigenvalue weighted by atomic mass is 9.66. The van der Waals surface area contributed by atoms with Gasteiger partial charge in [-0.2, -0.15) is 13.2 Å². The first-order valence-corrected chi connectivity index (χ1v) is 8.13. The van der Waals surface area contributed by atoms with Crippen LogP contribution in [-0.2, 0) is 0 Å². The fourth-order valence-corrected chi connectivity index (χ4v) is 3.70. The van der Waals surface area contributed by atoms with Crippen LogP contribution in [-0.4, -0.2) is 24.4 Å². The van der Waals surface area contributed by atoms with E-state index in [9.17, 15) is 13.2 Å². The molecule has 1 nitrogen and oxygen atoms in total. The molecule has 1 aliphatic rings. The molecule has 5 heteroatoms. The Morgan fingerprint density at radius 1 is 1.26 bits per heavy atom. The molecule has 0 spiro atoms. The Labute approximate surface area is 119 Å². The summed E-state index contributed by atoms with van der Waals surface area (Å²) in [5, 5.41) is 3.35. The third-order valence-corrected chi connectivity index (χ3v) is 4.85. The standard InChI is InChI=1S/C14H26F3NS/c1-4-18-10-12-5-7-13(2,3)9-11(12)6-8-19-14(15,16)17/h11-12,18H,4-10H2,1-3H3. The number of nitrogens with one attached hydrogen (secondary N) is 1. The molecular weight excluding hydrogens is 271 g/mol. The Bertz CT molecular complexity index is 266. The van der Waals surface area contributed by atoms with E-state index in [4.69, 9.17) is 0 Å². The van der Waals surface area contributed by atoms with Crippen molar-refractivity contribution in [3.63, 3.8) is 0 Å². The highest BCUT2D eigenvalue weighted by Crippen LogP contribution is 2.44. The SMILES string of the molecule is CCNCC1CCC(C)(C)CC1CCSC(F)(F)F. The fraction of sp³-hybridized carbons (Fsp3) is 1.00. The molecule has 0 heterocycles. The van der Waals surface area contributed by atoms with E-state index in [-0.39, 0.29) is 22.9 Å². The van der Waals surface area contributed by atoms with Gasteiger partial charge in [0.2, 0.25) is 0 Å². The van der Waals surface area contributed by atoms with Crippen LogP contribution in [0.25, 0.3) is 0 Å². The van der Waals surface area contributed by atoms with Gasteiger partial charge >= 0.3 is 5.51 Å².